The molecule has 5 aliphatic rings. The first-order chi connectivity index (χ1) is 30.9. The normalized spacial score (nSPS) is 30.1. The van der Waals surface area contributed by atoms with Crippen molar-refractivity contribution in [2.45, 2.75) is 173 Å². The minimum absolute atomic E-state index is 0.00355. The van der Waals surface area contributed by atoms with Gasteiger partial charge >= 0.3 is 5.97 Å². The zero-order chi connectivity index (χ0) is 47.0. The van der Waals surface area contributed by atoms with Crippen molar-refractivity contribution < 1.29 is 63.7 Å². The van der Waals surface area contributed by atoms with E-state index in [0.29, 0.717) is 18.8 Å². The first kappa shape index (κ1) is 48.5. The number of amides is 1. The highest BCUT2D eigenvalue weighted by molar-refractivity contribution is 6.31. The molecule has 2 aromatic rings. The van der Waals surface area contributed by atoms with E-state index in [0.717, 1.165) is 57.8 Å². The standard InChI is InChI=1S/C49H67N3O13/c1-26-42(56)30(50)22-37(63-26)64-32-24-49(61,23-29-39(32)46(60)41-40(44(29)58)43(57)28-15-14-16-31(62-5)38(28)45(41)59)33(25-53)51-52-35(54)17-12-10-8-6-7-9-11-13-18-36(55)65-34-21-27-19-20-48(34,4)47(27,2)3/h14-16,26-27,30,32,34,37,42,53,56,58,60-61H,6-13,17-25,50H2,1-5H3,(H,52,54)/b51-33+/t26-,27-,30-,32-,34+,37-,42+,48+,49-/m0/s1. The minimum Gasteiger partial charge on any atom is -0.507 e. The summed E-state index contributed by atoms with van der Waals surface area (Å²) in [5.41, 5.74) is 5.19. The number of phenolic OH excluding ortho intramolecular Hbond substituents is 2. The Morgan fingerprint density at radius 1 is 0.938 bits per heavy atom. The number of aromatic hydroxyl groups is 2. The Kier molecular flexibility index (Phi) is 14.5. The van der Waals surface area contributed by atoms with Gasteiger partial charge in [0.1, 0.15) is 29.0 Å². The van der Waals surface area contributed by atoms with Crippen molar-refractivity contribution in [3.8, 4) is 17.2 Å². The number of nitrogens with zero attached hydrogens (tertiary/aromatic N) is 1. The van der Waals surface area contributed by atoms with E-state index in [1.807, 2.05) is 0 Å². The Morgan fingerprint density at radius 2 is 1.60 bits per heavy atom. The van der Waals surface area contributed by atoms with Gasteiger partial charge in [0.05, 0.1) is 54.4 Å². The number of hydrogen-bond acceptors (Lipinski definition) is 15. The molecule has 0 aromatic heterocycles. The third kappa shape index (κ3) is 9.18. The van der Waals surface area contributed by atoms with Crippen molar-refractivity contribution in [2.75, 3.05) is 13.7 Å². The largest absolute Gasteiger partial charge is 0.507 e. The molecule has 16 heteroatoms. The van der Waals surface area contributed by atoms with Crippen molar-refractivity contribution in [3.63, 3.8) is 0 Å². The van der Waals surface area contributed by atoms with Crippen molar-refractivity contribution in [1.82, 2.24) is 5.43 Å². The van der Waals surface area contributed by atoms with Gasteiger partial charge in [0.2, 0.25) is 11.7 Å². The highest BCUT2D eigenvalue weighted by Crippen LogP contribution is 2.66. The van der Waals surface area contributed by atoms with Gasteiger partial charge in [-0.1, -0.05) is 71.4 Å². The summed E-state index contributed by atoms with van der Waals surface area (Å²) in [6.45, 7) is 7.69. The molecule has 9 atom stereocenters. The van der Waals surface area contributed by atoms with Gasteiger partial charge in [0.25, 0.3) is 0 Å². The average molecular weight is 906 g/mol. The predicted octanol–water partition coefficient (Wildman–Crippen LogP) is 5.56. The van der Waals surface area contributed by atoms with Crippen molar-refractivity contribution in [2.24, 2.45) is 27.6 Å². The van der Waals surface area contributed by atoms with Crippen LogP contribution in [0.2, 0.25) is 0 Å². The van der Waals surface area contributed by atoms with Gasteiger partial charge in [0, 0.05) is 60.3 Å². The molecule has 7 rings (SSSR count). The number of nitrogens with one attached hydrogen (secondary N) is 1. The topological polar surface area (TPSA) is 257 Å². The van der Waals surface area contributed by atoms with Gasteiger partial charge in [-0.15, -0.1) is 0 Å². The fourth-order valence-electron chi connectivity index (χ4n) is 11.2. The van der Waals surface area contributed by atoms with Gasteiger partial charge in [-0.3, -0.25) is 19.2 Å². The second kappa shape index (κ2) is 19.4. The monoisotopic (exact) mass is 905 g/mol. The molecule has 0 radical (unpaired) electrons. The van der Waals surface area contributed by atoms with Crippen LogP contribution in [0.3, 0.4) is 0 Å². The zero-order valence-corrected chi connectivity index (χ0v) is 38.3. The highest BCUT2D eigenvalue weighted by Gasteiger charge is 2.63. The number of fused-ring (bicyclic) bond motifs is 5. The number of hydrazone groups is 1. The van der Waals surface area contributed by atoms with Crippen molar-refractivity contribution in [3.05, 3.63) is 51.6 Å². The number of unbranched alkanes of at least 4 members (excludes halogenated alkanes) is 7. The van der Waals surface area contributed by atoms with Gasteiger partial charge < -0.3 is 50.2 Å². The van der Waals surface area contributed by atoms with E-state index in [-0.39, 0.29) is 69.5 Å². The summed E-state index contributed by atoms with van der Waals surface area (Å²) in [7, 11) is 1.33. The number of rotatable bonds is 18. The minimum atomic E-state index is -2.12. The summed E-state index contributed by atoms with van der Waals surface area (Å²) in [5.74, 6) is -2.67. The highest BCUT2D eigenvalue weighted by atomic mass is 16.7. The lowest BCUT2D eigenvalue weighted by molar-refractivity contribution is -0.245. The summed E-state index contributed by atoms with van der Waals surface area (Å²) in [6, 6.07) is 3.66. The summed E-state index contributed by atoms with van der Waals surface area (Å²) in [6.07, 6.45) is 5.98. The molecule has 2 bridgehead atoms. The summed E-state index contributed by atoms with van der Waals surface area (Å²) in [5, 5.41) is 61.1. The molecule has 4 aliphatic carbocycles. The van der Waals surface area contributed by atoms with E-state index in [1.54, 1.807) is 6.92 Å². The molecule has 3 fully saturated rings. The number of aliphatic hydroxyl groups is 3. The SMILES string of the molecule is COc1cccc2c1C(=O)c1c(O)c3c(c(O)c1C2=O)C[C@@](O)(/C(CO)=N/NC(=O)CCCCCCCCCCC(=O)O[C@@H]1C[C@@H]2CC[C@@]1(C)C2(C)C)C[C@@H]3O[C@H]1C[C@H](N)[C@H](O)[C@H](C)O1. The molecule has 1 aliphatic heterocycles. The van der Waals surface area contributed by atoms with E-state index in [9.17, 15) is 44.7 Å². The molecular weight excluding hydrogens is 839 g/mol. The van der Waals surface area contributed by atoms with E-state index in [2.05, 4.69) is 31.3 Å². The van der Waals surface area contributed by atoms with Crippen molar-refractivity contribution in [1.29, 1.82) is 0 Å². The van der Waals surface area contributed by atoms with Crippen LogP contribution in [0.1, 0.15) is 173 Å². The number of carbonyl (C=O) groups is 4. The third-order valence-corrected chi connectivity index (χ3v) is 15.7. The third-order valence-electron chi connectivity index (χ3n) is 15.7. The Labute approximate surface area is 380 Å². The average Bonchev–Trinajstić information content (AvgIpc) is 3.60. The molecule has 1 saturated heterocycles. The maximum absolute atomic E-state index is 14.0. The first-order valence-corrected chi connectivity index (χ1v) is 23.4. The van der Waals surface area contributed by atoms with Gasteiger partial charge in [0.15, 0.2) is 12.1 Å². The van der Waals surface area contributed by atoms with Crippen LogP contribution >= 0.6 is 0 Å². The molecule has 2 saturated carbocycles. The molecule has 8 N–H and O–H groups in total. The summed E-state index contributed by atoms with van der Waals surface area (Å²) >= 11 is 0. The van der Waals surface area contributed by atoms with Crippen LogP contribution < -0.4 is 15.9 Å². The quantitative estimate of drug-likeness (QED) is 0.0271. The Bertz CT molecular complexity index is 2180. The predicted molar refractivity (Wildman–Crippen MR) is 238 cm³/mol. The van der Waals surface area contributed by atoms with Gasteiger partial charge in [-0.25, -0.2) is 5.43 Å². The second-order valence-electron chi connectivity index (χ2n) is 19.7. The van der Waals surface area contributed by atoms with Crippen molar-refractivity contribution >= 4 is 29.2 Å². The Hall–Kier alpha value is -4.45. The molecule has 1 heterocycles. The fraction of sp³-hybridized carbons (Fsp3) is 0.653. The van der Waals surface area contributed by atoms with Gasteiger partial charge in [-0.05, 0) is 56.4 Å². The van der Waals surface area contributed by atoms with Gasteiger partial charge in [-0.2, -0.15) is 5.10 Å². The lowest BCUT2D eigenvalue weighted by Crippen LogP contribution is -2.53. The summed E-state index contributed by atoms with van der Waals surface area (Å²) < 4.78 is 23.5. The number of aliphatic hydroxyl groups excluding tert-OH is 2. The van der Waals surface area contributed by atoms with E-state index in [1.165, 1.54) is 31.7 Å². The van der Waals surface area contributed by atoms with E-state index in [4.69, 9.17) is 24.7 Å². The Morgan fingerprint density at radius 3 is 2.22 bits per heavy atom. The lowest BCUT2D eigenvalue weighted by atomic mass is 9.70. The van der Waals surface area contributed by atoms with Crippen LogP contribution in [0.5, 0.6) is 17.2 Å². The molecular formula is C49H67N3O13. The maximum atomic E-state index is 14.0. The number of nitrogens with two attached hydrogens (primary N) is 1. The Balaban J connectivity index is 0.946. The lowest BCUT2D eigenvalue weighted by Gasteiger charge is -2.43. The second-order valence-corrected chi connectivity index (χ2v) is 19.7. The summed E-state index contributed by atoms with van der Waals surface area (Å²) in [4.78, 5) is 53.6. The van der Waals surface area contributed by atoms with Crippen LogP contribution in [0.15, 0.2) is 23.3 Å². The first-order valence-electron chi connectivity index (χ1n) is 23.4. The van der Waals surface area contributed by atoms with E-state index < -0.39 is 95.8 Å². The van der Waals surface area contributed by atoms with Crippen LogP contribution in [-0.2, 0) is 30.2 Å². The maximum Gasteiger partial charge on any atom is 0.306 e. The number of phenols is 2. The number of ketones is 2. The number of methoxy groups -OCH3 is 1. The number of esters is 1. The number of carbonyl (C=O) groups excluding carboxylic acids is 4. The number of ether oxygens (including phenoxy) is 4. The fourth-order valence-corrected chi connectivity index (χ4v) is 11.2. The molecule has 16 nitrogen and oxygen atoms in total. The smallest absolute Gasteiger partial charge is 0.306 e. The molecule has 0 spiro atoms. The molecule has 0 unspecified atom stereocenters. The van der Waals surface area contributed by atoms with Crippen LogP contribution in [0.4, 0.5) is 0 Å². The molecule has 2 aromatic carbocycles. The molecule has 356 valence electrons. The van der Waals surface area contributed by atoms with Crippen LogP contribution in [-0.4, -0.2) is 105 Å². The number of benzene rings is 2. The van der Waals surface area contributed by atoms with E-state index >= 15 is 0 Å². The molecule has 1 amide bonds. The number of hydrogen-bond donors (Lipinski definition) is 7. The van der Waals surface area contributed by atoms with Crippen LogP contribution in [0, 0.1) is 16.7 Å². The zero-order valence-electron chi connectivity index (χ0n) is 38.3. The molecule has 65 heavy (non-hydrogen) atoms. The van der Waals surface area contributed by atoms with Crippen LogP contribution in [0.25, 0.3) is 0 Å².